The molecule has 3 amide bonds. The Bertz CT molecular complexity index is 1180. The van der Waals surface area contributed by atoms with Crippen LogP contribution in [0.4, 0.5) is 35.5 Å². The number of hydrogen-bond donors (Lipinski definition) is 2. The number of anilines is 3. The minimum absolute atomic E-state index is 0.0247. The first-order valence-electron chi connectivity index (χ1n) is 14.1. The molecule has 2 saturated heterocycles. The second-order valence-corrected chi connectivity index (χ2v) is 11.0. The van der Waals surface area contributed by atoms with Gasteiger partial charge in [-0.1, -0.05) is 19.8 Å². The number of nitrogens with zero attached hydrogens (tertiary/aromatic N) is 5. The van der Waals surface area contributed by atoms with E-state index in [0.29, 0.717) is 51.0 Å². The Hall–Kier alpha value is -3.51. The molecule has 2 N–H and O–H groups in total. The van der Waals surface area contributed by atoms with Crippen LogP contribution in [0.3, 0.4) is 0 Å². The molecule has 5 rings (SSSR count). The zero-order valence-corrected chi connectivity index (χ0v) is 22.7. The SMILES string of the molecule is CC1CCCN(c2nc(C(F)(F)F)c(C(=O)Nc3ccc(N4CCCN(C(=O)NC5CCCC5)CC4)nc3)o2)C1. The van der Waals surface area contributed by atoms with Crippen LogP contribution in [0.1, 0.15) is 68.1 Å². The van der Waals surface area contributed by atoms with Crippen LogP contribution >= 0.6 is 0 Å². The Balaban J connectivity index is 1.21. The molecule has 1 aliphatic carbocycles. The molecule has 10 nitrogen and oxygen atoms in total. The molecule has 13 heteroatoms. The lowest BCUT2D eigenvalue weighted by Crippen LogP contribution is -2.45. The van der Waals surface area contributed by atoms with E-state index in [-0.39, 0.29) is 23.8 Å². The smallest absolute Gasteiger partial charge is 0.417 e. The van der Waals surface area contributed by atoms with Crippen molar-refractivity contribution in [3.63, 3.8) is 0 Å². The summed E-state index contributed by atoms with van der Waals surface area (Å²) in [4.78, 5) is 39.1. The Morgan fingerprint density at radius 1 is 0.975 bits per heavy atom. The van der Waals surface area contributed by atoms with Crippen molar-refractivity contribution in [3.05, 3.63) is 29.8 Å². The average molecular weight is 564 g/mol. The Labute approximate surface area is 231 Å². The van der Waals surface area contributed by atoms with Gasteiger partial charge >= 0.3 is 12.2 Å². The van der Waals surface area contributed by atoms with E-state index in [1.54, 1.807) is 17.0 Å². The normalized spacial score (nSPS) is 20.9. The molecule has 218 valence electrons. The first-order valence-corrected chi connectivity index (χ1v) is 14.1. The molecule has 0 bridgehead atoms. The van der Waals surface area contributed by atoms with Gasteiger partial charge in [-0.3, -0.25) is 4.79 Å². The first kappa shape index (κ1) is 28.0. The fourth-order valence-electron chi connectivity index (χ4n) is 5.67. The molecule has 0 aromatic carbocycles. The predicted molar refractivity (Wildman–Crippen MR) is 143 cm³/mol. The number of pyridine rings is 1. The maximum absolute atomic E-state index is 13.7. The van der Waals surface area contributed by atoms with Gasteiger partial charge in [0, 0.05) is 45.3 Å². The third kappa shape index (κ3) is 6.61. The molecule has 1 saturated carbocycles. The molecule has 1 atom stereocenters. The van der Waals surface area contributed by atoms with Crippen molar-refractivity contribution < 1.29 is 27.2 Å². The summed E-state index contributed by atoms with van der Waals surface area (Å²) in [5.41, 5.74) is -1.10. The van der Waals surface area contributed by atoms with Crippen molar-refractivity contribution in [2.45, 2.75) is 64.1 Å². The molecule has 3 aliphatic rings. The number of carbonyl (C=O) groups excluding carboxylic acids is 2. The standard InChI is InChI=1S/C27H36F3N7O3/c1-18-6-4-11-37(17-18)26-34-23(27(28,29)30)22(40-26)24(38)32-20-9-10-21(31-16-20)35-12-5-13-36(15-14-35)25(39)33-19-7-2-3-8-19/h9-10,16,18-19H,2-8,11-15,17H2,1H3,(H,32,38)(H,33,39). The average Bonchev–Trinajstić information content (AvgIpc) is 3.54. The highest BCUT2D eigenvalue weighted by atomic mass is 19.4. The van der Waals surface area contributed by atoms with E-state index in [1.807, 2.05) is 11.8 Å². The summed E-state index contributed by atoms with van der Waals surface area (Å²) >= 11 is 0. The molecule has 2 aromatic heterocycles. The van der Waals surface area contributed by atoms with Crippen LogP contribution in [-0.2, 0) is 6.18 Å². The summed E-state index contributed by atoms with van der Waals surface area (Å²) in [5.74, 6) is -0.955. The van der Waals surface area contributed by atoms with Gasteiger partial charge in [0.15, 0.2) is 5.69 Å². The topological polar surface area (TPSA) is 107 Å². The highest BCUT2D eigenvalue weighted by Crippen LogP contribution is 2.35. The number of rotatable bonds is 5. The molecule has 40 heavy (non-hydrogen) atoms. The van der Waals surface area contributed by atoms with Gasteiger partial charge in [-0.15, -0.1) is 0 Å². The van der Waals surface area contributed by atoms with Crippen LogP contribution in [0.25, 0.3) is 0 Å². The van der Waals surface area contributed by atoms with E-state index < -0.39 is 23.5 Å². The number of oxazole rings is 1. The summed E-state index contributed by atoms with van der Waals surface area (Å²) in [6.07, 6.45) is 3.51. The van der Waals surface area contributed by atoms with Crippen LogP contribution in [0, 0.1) is 5.92 Å². The molecular weight excluding hydrogens is 527 g/mol. The second kappa shape index (κ2) is 11.9. The van der Waals surface area contributed by atoms with Gasteiger partial charge in [-0.25, -0.2) is 9.78 Å². The number of alkyl halides is 3. The van der Waals surface area contributed by atoms with Gasteiger partial charge in [-0.2, -0.15) is 18.2 Å². The van der Waals surface area contributed by atoms with Crippen LogP contribution in [0.5, 0.6) is 0 Å². The number of nitrogens with one attached hydrogen (secondary N) is 2. The van der Waals surface area contributed by atoms with Gasteiger partial charge in [0.2, 0.25) is 5.76 Å². The Kier molecular flexibility index (Phi) is 8.36. The van der Waals surface area contributed by atoms with Crippen molar-refractivity contribution in [3.8, 4) is 0 Å². The molecule has 1 unspecified atom stereocenters. The van der Waals surface area contributed by atoms with Gasteiger partial charge in [0.05, 0.1) is 11.9 Å². The molecule has 4 heterocycles. The molecular formula is C27H36F3N7O3. The van der Waals surface area contributed by atoms with Crippen molar-refractivity contribution in [2.24, 2.45) is 5.92 Å². The number of carbonyl (C=O) groups is 2. The third-order valence-corrected chi connectivity index (χ3v) is 7.81. The van der Waals surface area contributed by atoms with Crippen LogP contribution in [-0.4, -0.2) is 72.1 Å². The van der Waals surface area contributed by atoms with Gasteiger partial charge < -0.3 is 29.8 Å². The second-order valence-electron chi connectivity index (χ2n) is 11.0. The van der Waals surface area contributed by atoms with Crippen molar-refractivity contribution in [1.82, 2.24) is 20.2 Å². The van der Waals surface area contributed by atoms with Crippen LogP contribution in [0.2, 0.25) is 0 Å². The van der Waals surface area contributed by atoms with E-state index in [2.05, 4.69) is 25.5 Å². The summed E-state index contributed by atoms with van der Waals surface area (Å²) in [6, 6.07) is 3.34. The number of amides is 3. The number of piperidine rings is 1. The summed E-state index contributed by atoms with van der Waals surface area (Å²) < 4.78 is 46.5. The quantitative estimate of drug-likeness (QED) is 0.541. The largest absolute Gasteiger partial charge is 0.437 e. The maximum Gasteiger partial charge on any atom is 0.437 e. The molecule has 3 fully saturated rings. The highest BCUT2D eigenvalue weighted by molar-refractivity contribution is 6.03. The molecule has 2 aromatic rings. The fraction of sp³-hybridized carbons (Fsp3) is 0.630. The molecule has 0 radical (unpaired) electrons. The van der Waals surface area contributed by atoms with Crippen LogP contribution in [0.15, 0.2) is 22.7 Å². The predicted octanol–water partition coefficient (Wildman–Crippen LogP) is 4.74. The van der Waals surface area contributed by atoms with Gasteiger partial charge in [0.1, 0.15) is 5.82 Å². The number of halogens is 3. The number of aromatic nitrogens is 2. The van der Waals surface area contributed by atoms with E-state index in [0.717, 1.165) is 44.9 Å². The Morgan fingerprint density at radius 2 is 1.75 bits per heavy atom. The first-order chi connectivity index (χ1) is 19.2. The van der Waals surface area contributed by atoms with Crippen LogP contribution < -0.4 is 20.4 Å². The summed E-state index contributed by atoms with van der Waals surface area (Å²) in [7, 11) is 0. The molecule has 2 aliphatic heterocycles. The zero-order chi connectivity index (χ0) is 28.3. The van der Waals surface area contributed by atoms with Crippen molar-refractivity contribution in [1.29, 1.82) is 0 Å². The van der Waals surface area contributed by atoms with E-state index in [1.165, 1.54) is 6.20 Å². The van der Waals surface area contributed by atoms with E-state index in [4.69, 9.17) is 4.42 Å². The monoisotopic (exact) mass is 563 g/mol. The zero-order valence-electron chi connectivity index (χ0n) is 22.7. The highest BCUT2D eigenvalue weighted by Gasteiger charge is 2.42. The lowest BCUT2D eigenvalue weighted by atomic mass is 10.0. The maximum atomic E-state index is 13.7. The number of hydrogen-bond acceptors (Lipinski definition) is 7. The minimum Gasteiger partial charge on any atom is -0.417 e. The van der Waals surface area contributed by atoms with Gasteiger partial charge in [-0.05, 0) is 50.2 Å². The third-order valence-electron chi connectivity index (χ3n) is 7.81. The lowest BCUT2D eigenvalue weighted by Gasteiger charge is -2.29. The van der Waals surface area contributed by atoms with E-state index in [9.17, 15) is 22.8 Å². The Morgan fingerprint density at radius 3 is 2.45 bits per heavy atom. The van der Waals surface area contributed by atoms with Crippen molar-refractivity contribution in [2.75, 3.05) is 54.4 Å². The van der Waals surface area contributed by atoms with Gasteiger partial charge in [0.25, 0.3) is 11.9 Å². The summed E-state index contributed by atoms with van der Waals surface area (Å²) in [5, 5.41) is 5.59. The minimum atomic E-state index is -4.84. The summed E-state index contributed by atoms with van der Waals surface area (Å²) in [6.45, 7) is 5.57. The van der Waals surface area contributed by atoms with E-state index >= 15 is 0 Å². The lowest BCUT2D eigenvalue weighted by molar-refractivity contribution is -0.141. The van der Waals surface area contributed by atoms with Crippen molar-refractivity contribution >= 4 is 29.5 Å². The fourth-order valence-corrected chi connectivity index (χ4v) is 5.67. The number of urea groups is 1. The molecule has 0 spiro atoms.